The van der Waals surface area contributed by atoms with Crippen LogP contribution in [0.3, 0.4) is 0 Å². The van der Waals surface area contributed by atoms with Gasteiger partial charge in [0, 0.05) is 33.7 Å². The summed E-state index contributed by atoms with van der Waals surface area (Å²) in [6.07, 6.45) is 0.123. The summed E-state index contributed by atoms with van der Waals surface area (Å²) in [6.45, 7) is 6.05. The monoisotopic (exact) mass is 334 g/mol. The van der Waals surface area contributed by atoms with Crippen molar-refractivity contribution in [1.29, 1.82) is 0 Å². The van der Waals surface area contributed by atoms with Crippen LogP contribution in [-0.4, -0.2) is 6.10 Å². The summed E-state index contributed by atoms with van der Waals surface area (Å²) < 4.78 is 6.76. The van der Waals surface area contributed by atoms with E-state index >= 15 is 0 Å². The fourth-order valence-electron chi connectivity index (χ4n) is 1.87. The molecule has 0 spiro atoms. The Bertz CT molecular complexity index is 611. The molecular weight excluding hydrogens is 316 g/mol. The lowest BCUT2D eigenvalue weighted by Crippen LogP contribution is -2.06. The summed E-state index contributed by atoms with van der Waals surface area (Å²) in [7, 11) is 0. The van der Waals surface area contributed by atoms with Crippen molar-refractivity contribution in [3.8, 4) is 5.75 Å². The van der Waals surface area contributed by atoms with Gasteiger partial charge in [-0.3, -0.25) is 0 Å². The Kier molecular flexibility index (Phi) is 4.55. The van der Waals surface area contributed by atoms with E-state index in [0.717, 1.165) is 21.6 Å². The lowest BCUT2D eigenvalue weighted by atomic mass is 10.2. The molecule has 20 heavy (non-hydrogen) atoms. The van der Waals surface area contributed by atoms with Crippen LogP contribution in [0.2, 0.25) is 0 Å². The van der Waals surface area contributed by atoms with Crippen LogP contribution in [0.4, 0.5) is 17.1 Å². The molecule has 0 fully saturated rings. The van der Waals surface area contributed by atoms with Crippen molar-refractivity contribution in [2.75, 3.05) is 11.1 Å². The zero-order valence-corrected chi connectivity index (χ0v) is 13.5. The number of hydrogen-bond acceptors (Lipinski definition) is 3. The van der Waals surface area contributed by atoms with E-state index < -0.39 is 0 Å². The molecule has 2 aromatic carbocycles. The van der Waals surface area contributed by atoms with Gasteiger partial charge in [0.15, 0.2) is 0 Å². The van der Waals surface area contributed by atoms with Crippen molar-refractivity contribution in [3.05, 3.63) is 46.4 Å². The maximum atomic E-state index is 5.91. The van der Waals surface area contributed by atoms with Crippen LogP contribution in [0.1, 0.15) is 19.4 Å². The minimum Gasteiger partial charge on any atom is -0.491 e. The number of benzene rings is 2. The zero-order valence-electron chi connectivity index (χ0n) is 11.9. The van der Waals surface area contributed by atoms with Crippen LogP contribution >= 0.6 is 15.9 Å². The summed E-state index contributed by atoms with van der Waals surface area (Å²) in [4.78, 5) is 0. The smallest absolute Gasteiger partial charge is 0.123 e. The molecular formula is C16H19BrN2O. The first kappa shape index (κ1) is 14.7. The second-order valence-electron chi connectivity index (χ2n) is 5.05. The Morgan fingerprint density at radius 3 is 2.50 bits per heavy atom. The Balaban J connectivity index is 2.24. The molecule has 0 aliphatic rings. The summed E-state index contributed by atoms with van der Waals surface area (Å²) in [6, 6.07) is 11.8. The largest absolute Gasteiger partial charge is 0.491 e. The van der Waals surface area contributed by atoms with Crippen molar-refractivity contribution < 1.29 is 4.74 Å². The van der Waals surface area contributed by atoms with Gasteiger partial charge in [0.05, 0.1) is 6.10 Å². The van der Waals surface area contributed by atoms with Crippen LogP contribution in [0, 0.1) is 6.92 Å². The Hall–Kier alpha value is -1.68. The highest BCUT2D eigenvalue weighted by molar-refractivity contribution is 9.10. The summed E-state index contributed by atoms with van der Waals surface area (Å²) >= 11 is 3.53. The lowest BCUT2D eigenvalue weighted by Gasteiger charge is -2.14. The van der Waals surface area contributed by atoms with Crippen molar-refractivity contribution in [2.24, 2.45) is 0 Å². The van der Waals surface area contributed by atoms with Gasteiger partial charge in [-0.05, 0) is 44.5 Å². The number of ether oxygens (including phenoxy) is 1. The minimum atomic E-state index is 0.123. The SMILES string of the molecule is Cc1ccc(Nc2cc(N)cc(OC(C)C)c2)cc1Br. The van der Waals surface area contributed by atoms with Gasteiger partial charge in [0.25, 0.3) is 0 Å². The molecule has 2 rings (SSSR count). The first-order valence-corrected chi connectivity index (χ1v) is 7.34. The number of anilines is 3. The normalized spacial score (nSPS) is 10.7. The topological polar surface area (TPSA) is 47.3 Å². The highest BCUT2D eigenvalue weighted by Crippen LogP contribution is 2.28. The quantitative estimate of drug-likeness (QED) is 0.784. The van der Waals surface area contributed by atoms with Crippen molar-refractivity contribution in [3.63, 3.8) is 0 Å². The summed E-state index contributed by atoms with van der Waals surface area (Å²) in [5.74, 6) is 0.772. The lowest BCUT2D eigenvalue weighted by molar-refractivity contribution is 0.242. The predicted molar refractivity (Wildman–Crippen MR) is 88.8 cm³/mol. The van der Waals surface area contributed by atoms with Crippen LogP contribution in [0.25, 0.3) is 0 Å². The zero-order chi connectivity index (χ0) is 14.7. The number of nitrogen functional groups attached to an aromatic ring is 1. The maximum Gasteiger partial charge on any atom is 0.123 e. The third-order valence-corrected chi connectivity index (χ3v) is 3.62. The van der Waals surface area contributed by atoms with E-state index in [1.54, 1.807) is 0 Å². The van der Waals surface area contributed by atoms with Crippen molar-refractivity contribution in [2.45, 2.75) is 26.9 Å². The number of rotatable bonds is 4. The molecule has 0 aliphatic carbocycles. The molecule has 0 unspecified atom stereocenters. The summed E-state index contributed by atoms with van der Waals surface area (Å²) in [5, 5.41) is 3.34. The van der Waals surface area contributed by atoms with E-state index in [-0.39, 0.29) is 6.10 Å². The minimum absolute atomic E-state index is 0.123. The third kappa shape index (κ3) is 3.90. The molecule has 4 heteroatoms. The average molecular weight is 335 g/mol. The number of nitrogens with two attached hydrogens (primary N) is 1. The highest BCUT2D eigenvalue weighted by Gasteiger charge is 2.04. The molecule has 106 valence electrons. The van der Waals surface area contributed by atoms with E-state index in [2.05, 4.69) is 34.2 Å². The Morgan fingerprint density at radius 1 is 1.10 bits per heavy atom. The van der Waals surface area contributed by atoms with E-state index in [1.165, 1.54) is 5.56 Å². The molecule has 0 aromatic heterocycles. The van der Waals surface area contributed by atoms with Gasteiger partial charge in [-0.1, -0.05) is 22.0 Å². The van der Waals surface area contributed by atoms with Crippen LogP contribution < -0.4 is 15.8 Å². The summed E-state index contributed by atoms with van der Waals surface area (Å²) in [5.41, 5.74) is 9.71. The first-order chi connectivity index (χ1) is 9.44. The standard InChI is InChI=1S/C16H19BrN2O/c1-10(2)20-15-7-12(18)6-14(8-15)19-13-5-4-11(3)16(17)9-13/h4-10,19H,18H2,1-3H3. The molecule has 0 amide bonds. The highest BCUT2D eigenvalue weighted by atomic mass is 79.9. The van der Waals surface area contributed by atoms with E-state index in [1.807, 2.05) is 44.2 Å². The first-order valence-electron chi connectivity index (χ1n) is 6.54. The molecule has 0 heterocycles. The van der Waals surface area contributed by atoms with Crippen LogP contribution in [0.15, 0.2) is 40.9 Å². The fourth-order valence-corrected chi connectivity index (χ4v) is 2.25. The van der Waals surface area contributed by atoms with Crippen LogP contribution in [-0.2, 0) is 0 Å². The number of halogens is 1. The molecule has 3 N–H and O–H groups in total. The van der Waals surface area contributed by atoms with Gasteiger partial charge in [0.1, 0.15) is 5.75 Å². The molecule has 2 aromatic rings. The maximum absolute atomic E-state index is 5.91. The van der Waals surface area contributed by atoms with Gasteiger partial charge in [-0.25, -0.2) is 0 Å². The Morgan fingerprint density at radius 2 is 1.85 bits per heavy atom. The predicted octanol–water partition coefficient (Wildman–Crippen LogP) is 4.87. The number of hydrogen-bond donors (Lipinski definition) is 2. The van der Waals surface area contributed by atoms with Gasteiger partial charge >= 0.3 is 0 Å². The van der Waals surface area contributed by atoms with E-state index in [9.17, 15) is 0 Å². The molecule has 0 aliphatic heterocycles. The van der Waals surface area contributed by atoms with Gasteiger partial charge in [-0.15, -0.1) is 0 Å². The van der Waals surface area contributed by atoms with E-state index in [4.69, 9.17) is 10.5 Å². The fraction of sp³-hybridized carbons (Fsp3) is 0.250. The third-order valence-electron chi connectivity index (χ3n) is 2.76. The molecule has 0 saturated heterocycles. The van der Waals surface area contributed by atoms with Crippen molar-refractivity contribution in [1.82, 2.24) is 0 Å². The molecule has 0 bridgehead atoms. The van der Waals surface area contributed by atoms with Crippen molar-refractivity contribution >= 4 is 33.0 Å². The van der Waals surface area contributed by atoms with Gasteiger partial charge < -0.3 is 15.8 Å². The van der Waals surface area contributed by atoms with E-state index in [0.29, 0.717) is 5.69 Å². The molecule has 3 nitrogen and oxygen atoms in total. The molecule has 0 radical (unpaired) electrons. The van der Waals surface area contributed by atoms with Gasteiger partial charge in [-0.2, -0.15) is 0 Å². The average Bonchev–Trinajstić information content (AvgIpc) is 2.32. The van der Waals surface area contributed by atoms with Crippen LogP contribution in [0.5, 0.6) is 5.75 Å². The molecule has 0 atom stereocenters. The number of nitrogens with one attached hydrogen (secondary N) is 1. The second-order valence-corrected chi connectivity index (χ2v) is 5.90. The number of aryl methyl sites for hydroxylation is 1. The second kappa shape index (κ2) is 6.18. The van der Waals surface area contributed by atoms with Gasteiger partial charge in [0.2, 0.25) is 0 Å². The molecule has 0 saturated carbocycles. The Labute approximate surface area is 128 Å².